The highest BCUT2D eigenvalue weighted by Crippen LogP contribution is 2.19. The average Bonchev–Trinajstić information content (AvgIpc) is 3.19. The van der Waals surface area contributed by atoms with Crippen LogP contribution in [0.5, 0.6) is 0 Å². The van der Waals surface area contributed by atoms with Crippen LogP contribution in [0.3, 0.4) is 0 Å². The van der Waals surface area contributed by atoms with Crippen molar-refractivity contribution in [3.05, 3.63) is 41.9 Å². The van der Waals surface area contributed by atoms with E-state index in [1.54, 1.807) is 12.5 Å². The summed E-state index contributed by atoms with van der Waals surface area (Å²) in [7, 11) is 1.94. The molecule has 7 heteroatoms. The van der Waals surface area contributed by atoms with E-state index in [0.717, 1.165) is 37.6 Å². The third-order valence-electron chi connectivity index (χ3n) is 5.23. The van der Waals surface area contributed by atoms with Gasteiger partial charge in [-0.15, -0.1) is 0 Å². The SMILES string of the molecule is CC[C@H]1CN(C(=O)c2ccc(N(C)Cc3ccon3)nc2)CCN1C(C)C. The molecule has 2 aromatic rings. The van der Waals surface area contributed by atoms with Gasteiger partial charge in [-0.1, -0.05) is 12.1 Å². The summed E-state index contributed by atoms with van der Waals surface area (Å²) < 4.78 is 4.86. The van der Waals surface area contributed by atoms with E-state index in [9.17, 15) is 4.79 Å². The zero-order chi connectivity index (χ0) is 19.4. The van der Waals surface area contributed by atoms with Gasteiger partial charge in [-0.3, -0.25) is 9.69 Å². The van der Waals surface area contributed by atoms with Crippen LogP contribution in [0.1, 0.15) is 43.2 Å². The molecular formula is C20H29N5O2. The van der Waals surface area contributed by atoms with Crippen molar-refractivity contribution in [1.29, 1.82) is 0 Å². The molecule has 146 valence electrons. The highest BCUT2D eigenvalue weighted by atomic mass is 16.5. The number of pyridine rings is 1. The number of hydrogen-bond acceptors (Lipinski definition) is 6. The Kier molecular flexibility index (Phi) is 6.11. The number of hydrogen-bond donors (Lipinski definition) is 0. The zero-order valence-electron chi connectivity index (χ0n) is 16.6. The van der Waals surface area contributed by atoms with E-state index < -0.39 is 0 Å². The van der Waals surface area contributed by atoms with Gasteiger partial charge in [0, 0.05) is 51.0 Å². The first-order chi connectivity index (χ1) is 13.0. The third kappa shape index (κ3) is 4.47. The molecular weight excluding hydrogens is 342 g/mol. The molecule has 3 heterocycles. The van der Waals surface area contributed by atoms with Crippen LogP contribution in [0.15, 0.2) is 35.2 Å². The number of anilines is 1. The van der Waals surface area contributed by atoms with Crippen molar-refractivity contribution in [2.24, 2.45) is 0 Å². The monoisotopic (exact) mass is 371 g/mol. The number of aromatic nitrogens is 2. The van der Waals surface area contributed by atoms with Gasteiger partial charge in [-0.05, 0) is 32.4 Å². The zero-order valence-corrected chi connectivity index (χ0v) is 16.6. The Bertz CT molecular complexity index is 729. The van der Waals surface area contributed by atoms with Crippen molar-refractivity contribution in [2.45, 2.75) is 45.8 Å². The Morgan fingerprint density at radius 1 is 1.33 bits per heavy atom. The van der Waals surface area contributed by atoms with Crippen molar-refractivity contribution in [3.63, 3.8) is 0 Å². The molecule has 1 saturated heterocycles. The first-order valence-electron chi connectivity index (χ1n) is 9.61. The molecule has 7 nitrogen and oxygen atoms in total. The van der Waals surface area contributed by atoms with Gasteiger partial charge in [-0.2, -0.15) is 0 Å². The van der Waals surface area contributed by atoms with Crippen LogP contribution in [0.25, 0.3) is 0 Å². The molecule has 0 aromatic carbocycles. The van der Waals surface area contributed by atoms with Crippen molar-refractivity contribution < 1.29 is 9.32 Å². The Morgan fingerprint density at radius 2 is 2.15 bits per heavy atom. The predicted molar refractivity (Wildman–Crippen MR) is 105 cm³/mol. The van der Waals surface area contributed by atoms with Gasteiger partial charge in [0.05, 0.1) is 12.1 Å². The maximum absolute atomic E-state index is 12.9. The van der Waals surface area contributed by atoms with Crippen molar-refractivity contribution in [1.82, 2.24) is 19.9 Å². The van der Waals surface area contributed by atoms with E-state index >= 15 is 0 Å². The maximum Gasteiger partial charge on any atom is 0.255 e. The fraction of sp³-hybridized carbons (Fsp3) is 0.550. The molecule has 0 saturated carbocycles. The highest BCUT2D eigenvalue weighted by molar-refractivity contribution is 5.94. The molecule has 0 unspecified atom stereocenters. The molecule has 1 aliphatic rings. The Labute approximate surface area is 160 Å². The maximum atomic E-state index is 12.9. The topological polar surface area (TPSA) is 65.7 Å². The molecule has 1 aliphatic heterocycles. The van der Waals surface area contributed by atoms with Crippen LogP contribution in [0, 0.1) is 0 Å². The van der Waals surface area contributed by atoms with E-state index in [0.29, 0.717) is 24.2 Å². The molecule has 27 heavy (non-hydrogen) atoms. The van der Waals surface area contributed by atoms with Crippen molar-refractivity contribution in [2.75, 3.05) is 31.6 Å². The number of nitrogens with zero attached hydrogens (tertiary/aromatic N) is 5. The summed E-state index contributed by atoms with van der Waals surface area (Å²) in [5, 5.41) is 3.91. The minimum Gasteiger partial charge on any atom is -0.364 e. The van der Waals surface area contributed by atoms with E-state index in [4.69, 9.17) is 4.52 Å². The van der Waals surface area contributed by atoms with Crippen molar-refractivity contribution in [3.8, 4) is 0 Å². The van der Waals surface area contributed by atoms with Crippen molar-refractivity contribution >= 4 is 11.7 Å². The lowest BCUT2D eigenvalue weighted by atomic mass is 10.1. The standard InChI is InChI=1S/C20H29N5O2/c1-5-18-14-24(9-10-25(18)15(2)3)20(26)16-6-7-19(21-12-16)23(4)13-17-8-11-27-22-17/h6-8,11-12,15,18H,5,9-10,13-14H2,1-4H3/t18-/m0/s1. The van der Waals surface area contributed by atoms with Gasteiger partial charge < -0.3 is 14.3 Å². The summed E-state index contributed by atoms with van der Waals surface area (Å²) in [6.07, 6.45) is 4.28. The summed E-state index contributed by atoms with van der Waals surface area (Å²) in [4.78, 5) is 23.8. The Balaban J connectivity index is 1.63. The lowest BCUT2D eigenvalue weighted by molar-refractivity contribution is 0.0371. The van der Waals surface area contributed by atoms with Gasteiger partial charge in [0.1, 0.15) is 17.8 Å². The second-order valence-electron chi connectivity index (χ2n) is 7.40. The molecule has 1 atom stereocenters. The second kappa shape index (κ2) is 8.52. The van der Waals surface area contributed by atoms with Crippen LogP contribution in [-0.4, -0.2) is 64.6 Å². The third-order valence-corrected chi connectivity index (χ3v) is 5.23. The molecule has 3 rings (SSSR count). The number of piperazine rings is 1. The summed E-state index contributed by atoms with van der Waals surface area (Å²) in [5.74, 6) is 0.862. The summed E-state index contributed by atoms with van der Waals surface area (Å²) in [6, 6.07) is 6.50. The second-order valence-corrected chi connectivity index (χ2v) is 7.40. The van der Waals surface area contributed by atoms with Gasteiger partial charge in [-0.25, -0.2) is 4.98 Å². The molecule has 2 aromatic heterocycles. The van der Waals surface area contributed by atoms with Gasteiger partial charge in [0.25, 0.3) is 5.91 Å². The minimum atomic E-state index is 0.0649. The number of rotatable bonds is 6. The van der Waals surface area contributed by atoms with Gasteiger partial charge in [0.15, 0.2) is 0 Å². The van der Waals surface area contributed by atoms with E-state index in [2.05, 4.69) is 35.8 Å². The lowest BCUT2D eigenvalue weighted by Gasteiger charge is -2.43. The fourth-order valence-electron chi connectivity index (χ4n) is 3.66. The van der Waals surface area contributed by atoms with Crippen LogP contribution >= 0.6 is 0 Å². The highest BCUT2D eigenvalue weighted by Gasteiger charge is 2.30. The quantitative estimate of drug-likeness (QED) is 0.778. The summed E-state index contributed by atoms with van der Waals surface area (Å²) in [5.41, 5.74) is 1.48. The lowest BCUT2D eigenvalue weighted by Crippen LogP contribution is -2.56. The largest absolute Gasteiger partial charge is 0.364 e. The first kappa shape index (κ1) is 19.4. The smallest absolute Gasteiger partial charge is 0.255 e. The van der Waals surface area contributed by atoms with Crippen LogP contribution < -0.4 is 4.90 Å². The Morgan fingerprint density at radius 3 is 2.74 bits per heavy atom. The molecule has 1 amide bonds. The molecule has 1 fully saturated rings. The van der Waals surface area contributed by atoms with E-state index in [-0.39, 0.29) is 5.91 Å². The first-order valence-corrected chi connectivity index (χ1v) is 9.61. The average molecular weight is 371 g/mol. The number of amides is 1. The van der Waals surface area contributed by atoms with Crippen LogP contribution in [0.2, 0.25) is 0 Å². The van der Waals surface area contributed by atoms with Crippen LogP contribution in [-0.2, 0) is 6.54 Å². The van der Waals surface area contributed by atoms with Gasteiger partial charge >= 0.3 is 0 Å². The molecule has 0 N–H and O–H groups in total. The normalized spacial score (nSPS) is 18.1. The van der Waals surface area contributed by atoms with Crippen LogP contribution in [0.4, 0.5) is 5.82 Å². The minimum absolute atomic E-state index is 0.0649. The summed E-state index contributed by atoms with van der Waals surface area (Å²) in [6.45, 7) is 9.70. The van der Waals surface area contributed by atoms with E-state index in [1.165, 1.54) is 0 Å². The summed E-state index contributed by atoms with van der Waals surface area (Å²) >= 11 is 0. The van der Waals surface area contributed by atoms with E-state index in [1.807, 2.05) is 35.0 Å². The number of carbonyl (C=O) groups is 1. The molecule has 0 radical (unpaired) electrons. The fourth-order valence-corrected chi connectivity index (χ4v) is 3.66. The Hall–Kier alpha value is -2.41. The predicted octanol–water partition coefficient (Wildman–Crippen LogP) is 2.65. The van der Waals surface area contributed by atoms with Gasteiger partial charge in [0.2, 0.25) is 0 Å². The molecule has 0 aliphatic carbocycles. The number of carbonyl (C=O) groups excluding carboxylic acids is 1. The molecule has 0 bridgehead atoms. The molecule has 0 spiro atoms.